The normalized spacial score (nSPS) is 12.5. The van der Waals surface area contributed by atoms with Gasteiger partial charge in [0.25, 0.3) is 0 Å². The van der Waals surface area contributed by atoms with E-state index >= 15 is 0 Å². The SMILES string of the molecule is C=C1C=CC=C1[CH2][Ti+2][c]1ccc[nH]1.[Cl-].[Cl-]. The molecule has 1 aromatic rings. The average Bonchev–Trinajstić information content (AvgIpc) is 2.72. The van der Waals surface area contributed by atoms with Gasteiger partial charge in [-0.2, -0.15) is 0 Å². The van der Waals surface area contributed by atoms with Crippen LogP contribution in [0.4, 0.5) is 0 Å². The zero-order valence-corrected chi connectivity index (χ0v) is 11.2. The molecule has 0 unspecified atom stereocenters. The van der Waals surface area contributed by atoms with Crippen LogP contribution in [0.25, 0.3) is 0 Å². The monoisotopic (exact) mass is 275 g/mol. The summed E-state index contributed by atoms with van der Waals surface area (Å²) in [6.45, 7) is 3.99. The van der Waals surface area contributed by atoms with Crippen LogP contribution in [0.3, 0.4) is 0 Å². The predicted molar refractivity (Wildman–Crippen MR) is 51.6 cm³/mol. The number of aromatic amines is 1. The molecule has 0 saturated carbocycles. The summed E-state index contributed by atoms with van der Waals surface area (Å²) in [6.07, 6.45) is 8.33. The van der Waals surface area contributed by atoms with E-state index in [-0.39, 0.29) is 44.0 Å². The van der Waals surface area contributed by atoms with E-state index in [1.165, 1.54) is 19.9 Å². The van der Waals surface area contributed by atoms with Crippen LogP contribution in [0.1, 0.15) is 0 Å². The molecule has 2 rings (SSSR count). The van der Waals surface area contributed by atoms with Crippen molar-refractivity contribution in [2.24, 2.45) is 0 Å². The van der Waals surface area contributed by atoms with Gasteiger partial charge in [-0.05, 0) is 0 Å². The maximum atomic E-state index is 3.99. The molecule has 78 valence electrons. The average molecular weight is 276 g/mol. The van der Waals surface area contributed by atoms with Crippen LogP contribution in [0.2, 0.25) is 4.73 Å². The van der Waals surface area contributed by atoms with E-state index in [9.17, 15) is 0 Å². The van der Waals surface area contributed by atoms with Crippen LogP contribution in [-0.4, -0.2) is 4.98 Å². The molecule has 0 saturated heterocycles. The molecular formula is C11H11Cl2NTi. The topological polar surface area (TPSA) is 15.8 Å². The molecule has 1 aromatic heterocycles. The minimum Gasteiger partial charge on any atom is -1.00 e. The third-order valence-corrected chi connectivity index (χ3v) is 4.03. The Bertz CT molecular complexity index is 366. The van der Waals surface area contributed by atoms with Gasteiger partial charge in [-0.25, -0.2) is 0 Å². The van der Waals surface area contributed by atoms with E-state index in [0.717, 1.165) is 0 Å². The summed E-state index contributed by atoms with van der Waals surface area (Å²) in [5, 5.41) is 0. The molecule has 1 nitrogen and oxygen atoms in total. The molecule has 0 aliphatic heterocycles. The molecule has 1 N–H and O–H groups in total. The Morgan fingerprint density at radius 3 is 2.67 bits per heavy atom. The summed E-state index contributed by atoms with van der Waals surface area (Å²) in [7, 11) is 0. The first-order chi connectivity index (χ1) is 6.36. The third-order valence-electron chi connectivity index (χ3n) is 2.07. The molecule has 0 spiro atoms. The van der Waals surface area contributed by atoms with E-state index < -0.39 is 0 Å². The number of halogens is 2. The molecular weight excluding hydrogens is 265 g/mol. The van der Waals surface area contributed by atoms with Gasteiger partial charge in [-0.1, -0.05) is 0 Å². The largest absolute Gasteiger partial charge is 1.00 e. The molecule has 0 amide bonds. The smallest absolute Gasteiger partial charge is 1.00 e. The van der Waals surface area contributed by atoms with Crippen molar-refractivity contribution in [3.05, 3.63) is 54.3 Å². The number of aromatic nitrogens is 1. The Balaban J connectivity index is 0.000000980. The van der Waals surface area contributed by atoms with Crippen molar-refractivity contribution in [1.29, 1.82) is 0 Å². The van der Waals surface area contributed by atoms with Gasteiger partial charge in [-0.3, -0.25) is 0 Å². The predicted octanol–water partition coefficient (Wildman–Crippen LogP) is -3.80. The van der Waals surface area contributed by atoms with Gasteiger partial charge in [0.05, 0.1) is 0 Å². The Morgan fingerprint density at radius 1 is 1.33 bits per heavy atom. The maximum absolute atomic E-state index is 3.99. The second-order valence-corrected chi connectivity index (χ2v) is 4.96. The van der Waals surface area contributed by atoms with E-state index in [2.05, 4.69) is 41.9 Å². The molecule has 0 bridgehead atoms. The Hall–Kier alpha value is -0.206. The van der Waals surface area contributed by atoms with Crippen LogP contribution >= 0.6 is 0 Å². The summed E-state index contributed by atoms with van der Waals surface area (Å²) in [6, 6.07) is 4.24. The number of nitrogens with one attached hydrogen (secondary N) is 1. The molecule has 15 heavy (non-hydrogen) atoms. The van der Waals surface area contributed by atoms with E-state index in [0.29, 0.717) is 0 Å². The van der Waals surface area contributed by atoms with Crippen LogP contribution in [0, 0.1) is 0 Å². The van der Waals surface area contributed by atoms with Gasteiger partial charge in [0.2, 0.25) is 0 Å². The summed E-state index contributed by atoms with van der Waals surface area (Å²) < 4.78 is 2.62. The van der Waals surface area contributed by atoms with Crippen LogP contribution in [0.5, 0.6) is 0 Å². The van der Waals surface area contributed by atoms with Crippen molar-refractivity contribution in [2.75, 3.05) is 0 Å². The van der Waals surface area contributed by atoms with Crippen LogP contribution in [-0.2, 0) is 19.2 Å². The first-order valence-electron chi connectivity index (χ1n) is 4.30. The third kappa shape index (κ3) is 4.04. The van der Waals surface area contributed by atoms with Crippen molar-refractivity contribution >= 4 is 4.00 Å². The summed E-state index contributed by atoms with van der Waals surface area (Å²) in [4.78, 5) is 3.25. The first kappa shape index (κ1) is 14.8. The van der Waals surface area contributed by atoms with Crippen molar-refractivity contribution < 1.29 is 44.0 Å². The van der Waals surface area contributed by atoms with Gasteiger partial charge in [0.1, 0.15) is 0 Å². The summed E-state index contributed by atoms with van der Waals surface area (Å²) >= 11 is -0.0327. The van der Waals surface area contributed by atoms with Gasteiger partial charge in [0.15, 0.2) is 0 Å². The number of hydrogen-bond donors (Lipinski definition) is 1. The van der Waals surface area contributed by atoms with Crippen molar-refractivity contribution in [3.63, 3.8) is 0 Å². The standard InChI is InChI=1S/C7H7.C4H4N.2ClH.Ti/c1-6-4-3-5-7(6)2;1-2-4-5-3-1;;;/h3-5H,1-2H2;1-3,5H;2*1H;/q;;;;+2/p-2. The van der Waals surface area contributed by atoms with Gasteiger partial charge in [0, 0.05) is 0 Å². The number of rotatable bonds is 3. The fraction of sp³-hybridized carbons (Fsp3) is 0.0909. The van der Waals surface area contributed by atoms with Gasteiger partial charge < -0.3 is 24.8 Å². The van der Waals surface area contributed by atoms with Gasteiger partial charge >= 0.3 is 87.1 Å². The number of hydrogen-bond acceptors (Lipinski definition) is 0. The minimum atomic E-state index is -0.0327. The number of H-pyrrole nitrogens is 1. The van der Waals surface area contributed by atoms with Crippen molar-refractivity contribution in [2.45, 2.75) is 4.73 Å². The quantitative estimate of drug-likeness (QED) is 0.545. The minimum absolute atomic E-state index is 0. The Morgan fingerprint density at radius 2 is 2.13 bits per heavy atom. The Kier molecular flexibility index (Phi) is 7.03. The summed E-state index contributed by atoms with van der Waals surface area (Å²) in [5.41, 5.74) is 2.60. The molecule has 1 aliphatic carbocycles. The number of allylic oxidation sites excluding steroid dienone is 5. The van der Waals surface area contributed by atoms with Crippen LogP contribution in [0.15, 0.2) is 54.3 Å². The Labute approximate surface area is 111 Å². The molecule has 0 atom stereocenters. The van der Waals surface area contributed by atoms with E-state index in [1.807, 2.05) is 6.20 Å². The molecule has 4 heteroatoms. The fourth-order valence-electron chi connectivity index (χ4n) is 1.30. The second-order valence-electron chi connectivity index (χ2n) is 3.01. The zero-order chi connectivity index (χ0) is 9.10. The molecule has 0 aromatic carbocycles. The maximum Gasteiger partial charge on any atom is -1.00 e. The zero-order valence-electron chi connectivity index (χ0n) is 8.13. The second kappa shape index (κ2) is 7.13. The molecule has 0 radical (unpaired) electrons. The van der Waals surface area contributed by atoms with Crippen molar-refractivity contribution in [1.82, 2.24) is 4.98 Å². The molecule has 0 fully saturated rings. The van der Waals surface area contributed by atoms with Gasteiger partial charge in [-0.15, -0.1) is 0 Å². The molecule has 1 aliphatic rings. The van der Waals surface area contributed by atoms with E-state index in [4.69, 9.17) is 0 Å². The van der Waals surface area contributed by atoms with E-state index in [1.54, 1.807) is 0 Å². The summed E-state index contributed by atoms with van der Waals surface area (Å²) in [5.74, 6) is 0. The van der Waals surface area contributed by atoms with Crippen LogP contribution < -0.4 is 28.8 Å². The fourth-order valence-corrected chi connectivity index (χ4v) is 3.05. The molecule has 1 heterocycles. The van der Waals surface area contributed by atoms with Crippen molar-refractivity contribution in [3.8, 4) is 0 Å². The first-order valence-corrected chi connectivity index (χ1v) is 6.18.